The van der Waals surface area contributed by atoms with Crippen LogP contribution in [0, 0.1) is 0 Å². The van der Waals surface area contributed by atoms with E-state index in [1.54, 1.807) is 0 Å². The molecular formula is C38H46N4S2. The molecule has 230 valence electrons. The molecule has 0 bridgehead atoms. The van der Waals surface area contributed by atoms with Crippen molar-refractivity contribution in [3.05, 3.63) is 120 Å². The molecule has 44 heavy (non-hydrogen) atoms. The lowest BCUT2D eigenvalue weighted by Crippen LogP contribution is -2.22. The summed E-state index contributed by atoms with van der Waals surface area (Å²) in [5.74, 6) is 2.12. The summed E-state index contributed by atoms with van der Waals surface area (Å²) >= 11 is 0. The fourth-order valence-electron chi connectivity index (χ4n) is 5.53. The van der Waals surface area contributed by atoms with Gasteiger partial charge in [-0.25, -0.2) is 0 Å². The second-order valence-corrected chi connectivity index (χ2v) is 14.0. The monoisotopic (exact) mass is 622 g/mol. The minimum Gasteiger partial charge on any atom is -0.373 e. The van der Waals surface area contributed by atoms with Gasteiger partial charge in [0.1, 0.15) is 0 Å². The highest BCUT2D eigenvalue weighted by Gasteiger charge is 2.12. The molecule has 0 saturated carbocycles. The van der Waals surface area contributed by atoms with E-state index in [0.29, 0.717) is 0 Å². The summed E-state index contributed by atoms with van der Waals surface area (Å²) < 4.78 is 0. The molecule has 0 N–H and O–H groups in total. The standard InChI is InChI=1S/C38H46N4S2/c1-2-33(7-8-34-11-15-37(16-12-34)41-24-3-4-25-41)19-22-39-23-31-43-44-32-30-40-28-20-36(21-29-40)10-9-35-13-17-38(18-14-35)42-26-5-6-27-42/h2,7-22,28H,1,3-6,23-27,29-32H2/b8-7+,10-9+,33-19+,39-22?. The predicted molar refractivity (Wildman–Crippen MR) is 199 cm³/mol. The average Bonchev–Trinajstić information content (AvgIpc) is 3.81. The first kappa shape index (κ1) is 32.1. The van der Waals surface area contributed by atoms with Crippen molar-refractivity contribution in [1.29, 1.82) is 0 Å². The summed E-state index contributed by atoms with van der Waals surface area (Å²) in [4.78, 5) is 11.9. The van der Waals surface area contributed by atoms with E-state index in [0.717, 1.165) is 36.7 Å². The highest BCUT2D eigenvalue weighted by molar-refractivity contribution is 8.76. The zero-order valence-corrected chi connectivity index (χ0v) is 27.5. The number of nitrogens with zero attached hydrogens (tertiary/aromatic N) is 4. The van der Waals surface area contributed by atoms with Crippen molar-refractivity contribution in [3.8, 4) is 0 Å². The van der Waals surface area contributed by atoms with Crippen LogP contribution in [0.25, 0.3) is 12.2 Å². The Morgan fingerprint density at radius 3 is 1.98 bits per heavy atom. The quantitative estimate of drug-likeness (QED) is 0.0854. The molecule has 0 amide bonds. The summed E-state index contributed by atoms with van der Waals surface area (Å²) in [6.07, 6.45) is 26.5. The van der Waals surface area contributed by atoms with Crippen LogP contribution in [0.3, 0.4) is 0 Å². The number of aliphatic imine (C=N–C) groups is 1. The molecular weight excluding hydrogens is 577 g/mol. The third kappa shape index (κ3) is 10.4. The molecule has 3 heterocycles. The number of hydrogen-bond acceptors (Lipinski definition) is 6. The third-order valence-corrected chi connectivity index (χ3v) is 10.5. The molecule has 0 aromatic heterocycles. The van der Waals surface area contributed by atoms with Crippen molar-refractivity contribution in [1.82, 2.24) is 4.90 Å². The van der Waals surface area contributed by atoms with E-state index < -0.39 is 0 Å². The van der Waals surface area contributed by atoms with Crippen LogP contribution in [0.4, 0.5) is 11.4 Å². The van der Waals surface area contributed by atoms with Gasteiger partial charge in [-0.2, -0.15) is 0 Å². The summed E-state index contributed by atoms with van der Waals surface area (Å²) in [6, 6.07) is 17.8. The van der Waals surface area contributed by atoms with Gasteiger partial charge in [0.25, 0.3) is 0 Å². The Hall–Kier alpha value is -3.35. The van der Waals surface area contributed by atoms with Crippen molar-refractivity contribution in [2.75, 3.05) is 67.1 Å². The first-order chi connectivity index (χ1) is 21.8. The van der Waals surface area contributed by atoms with Crippen LogP contribution in [0.1, 0.15) is 36.8 Å². The number of benzene rings is 2. The van der Waals surface area contributed by atoms with Gasteiger partial charge in [0, 0.05) is 74.9 Å². The molecule has 3 aliphatic rings. The largest absolute Gasteiger partial charge is 0.373 e. The highest BCUT2D eigenvalue weighted by Crippen LogP contribution is 2.23. The van der Waals surface area contributed by atoms with Gasteiger partial charge >= 0.3 is 0 Å². The molecule has 0 spiro atoms. The Balaban J connectivity index is 0.921. The predicted octanol–water partition coefficient (Wildman–Crippen LogP) is 8.93. The normalized spacial score (nSPS) is 17.6. The van der Waals surface area contributed by atoms with Crippen LogP contribution in [0.5, 0.6) is 0 Å². The lowest BCUT2D eigenvalue weighted by atomic mass is 10.1. The van der Waals surface area contributed by atoms with Gasteiger partial charge in [0.15, 0.2) is 0 Å². The number of hydrogen-bond donors (Lipinski definition) is 0. The first-order valence-corrected chi connectivity index (χ1v) is 18.5. The molecule has 5 rings (SSSR count). The molecule has 6 heteroatoms. The van der Waals surface area contributed by atoms with Gasteiger partial charge in [-0.3, -0.25) is 4.99 Å². The van der Waals surface area contributed by atoms with E-state index in [1.807, 2.05) is 40.0 Å². The third-order valence-electron chi connectivity index (χ3n) is 8.16. The lowest BCUT2D eigenvalue weighted by Gasteiger charge is -2.21. The number of anilines is 2. The Labute approximate surface area is 273 Å². The molecule has 2 saturated heterocycles. The maximum atomic E-state index is 4.57. The Morgan fingerprint density at radius 2 is 1.39 bits per heavy atom. The number of allylic oxidation sites excluding steroid dienone is 7. The molecule has 0 radical (unpaired) electrons. The van der Waals surface area contributed by atoms with Crippen LogP contribution >= 0.6 is 21.6 Å². The topological polar surface area (TPSA) is 22.1 Å². The van der Waals surface area contributed by atoms with Crippen molar-refractivity contribution >= 4 is 51.3 Å². The minimum absolute atomic E-state index is 0.823. The minimum atomic E-state index is 0.823. The van der Waals surface area contributed by atoms with E-state index in [-0.39, 0.29) is 0 Å². The average molecular weight is 623 g/mol. The highest BCUT2D eigenvalue weighted by atomic mass is 33.1. The van der Waals surface area contributed by atoms with Crippen molar-refractivity contribution in [2.24, 2.45) is 4.99 Å². The Morgan fingerprint density at radius 1 is 0.773 bits per heavy atom. The second kappa shape index (κ2) is 17.8. The zero-order chi connectivity index (χ0) is 30.2. The van der Waals surface area contributed by atoms with E-state index in [2.05, 4.69) is 117 Å². The van der Waals surface area contributed by atoms with Gasteiger partial charge in [0.05, 0.1) is 0 Å². The van der Waals surface area contributed by atoms with Crippen molar-refractivity contribution < 1.29 is 0 Å². The summed E-state index contributed by atoms with van der Waals surface area (Å²) in [5, 5.41) is 0. The van der Waals surface area contributed by atoms with Gasteiger partial charge in [0.2, 0.25) is 0 Å². The van der Waals surface area contributed by atoms with Crippen LogP contribution < -0.4 is 9.80 Å². The molecule has 4 nitrogen and oxygen atoms in total. The molecule has 2 aromatic carbocycles. The molecule has 3 aliphatic heterocycles. The summed E-state index contributed by atoms with van der Waals surface area (Å²) in [7, 11) is 3.84. The summed E-state index contributed by atoms with van der Waals surface area (Å²) in [5.41, 5.74) is 7.48. The summed E-state index contributed by atoms with van der Waals surface area (Å²) in [6.45, 7) is 11.5. The van der Waals surface area contributed by atoms with E-state index >= 15 is 0 Å². The van der Waals surface area contributed by atoms with Crippen LogP contribution in [-0.4, -0.2) is 68.4 Å². The SMILES string of the molecule is C=CC(/C=C/c1ccc(N2CCCC2)cc1)=C\C=NCCSSCCN1C=CC(/C=C/c2ccc(N3CCCC3)cc2)=CC1. The second-order valence-electron chi connectivity index (χ2n) is 11.3. The van der Waals surface area contributed by atoms with Gasteiger partial charge in [-0.1, -0.05) is 88.9 Å². The first-order valence-electron chi connectivity index (χ1n) is 16.0. The molecule has 2 fully saturated rings. The molecule has 2 aromatic rings. The fourth-order valence-corrected chi connectivity index (χ4v) is 7.41. The van der Waals surface area contributed by atoms with E-state index in [4.69, 9.17) is 0 Å². The fraction of sp³-hybridized carbons (Fsp3) is 0.342. The van der Waals surface area contributed by atoms with E-state index in [9.17, 15) is 0 Å². The van der Waals surface area contributed by atoms with Crippen LogP contribution in [0.15, 0.2) is 114 Å². The molecule has 0 aliphatic carbocycles. The van der Waals surface area contributed by atoms with Gasteiger partial charge in [-0.05, 0) is 90.6 Å². The molecule has 0 atom stereocenters. The van der Waals surface area contributed by atoms with Crippen LogP contribution in [-0.2, 0) is 0 Å². The number of rotatable bonds is 15. The van der Waals surface area contributed by atoms with Crippen molar-refractivity contribution in [2.45, 2.75) is 25.7 Å². The maximum absolute atomic E-state index is 4.57. The van der Waals surface area contributed by atoms with Crippen LogP contribution in [0.2, 0.25) is 0 Å². The Bertz CT molecular complexity index is 1360. The van der Waals surface area contributed by atoms with E-state index in [1.165, 1.54) is 79.9 Å². The zero-order valence-electron chi connectivity index (χ0n) is 25.9. The molecule has 0 unspecified atom stereocenters. The smallest absolute Gasteiger partial charge is 0.0488 e. The van der Waals surface area contributed by atoms with Crippen molar-refractivity contribution in [3.63, 3.8) is 0 Å². The van der Waals surface area contributed by atoms with Gasteiger partial charge < -0.3 is 14.7 Å². The maximum Gasteiger partial charge on any atom is 0.0488 e. The lowest BCUT2D eigenvalue weighted by molar-refractivity contribution is 0.438. The van der Waals surface area contributed by atoms with Gasteiger partial charge in [-0.15, -0.1) is 0 Å². The Kier molecular flexibility index (Phi) is 13.0.